The van der Waals surface area contributed by atoms with E-state index in [1.807, 2.05) is 6.07 Å². The van der Waals surface area contributed by atoms with Gasteiger partial charge in [-0.05, 0) is 25.7 Å². The average molecular weight is 306 g/mol. The Kier molecular flexibility index (Phi) is 6.43. The van der Waals surface area contributed by atoms with Crippen molar-refractivity contribution in [3.8, 4) is 5.88 Å². The number of carbonyl (C=O) groups is 1. The first-order chi connectivity index (χ1) is 10.7. The number of anilines is 1. The highest BCUT2D eigenvalue weighted by Crippen LogP contribution is 2.20. The highest BCUT2D eigenvalue weighted by atomic mass is 16.5. The number of hydrogen-bond acceptors (Lipinski definition) is 5. The first-order valence-electron chi connectivity index (χ1n) is 8.25. The van der Waals surface area contributed by atoms with Gasteiger partial charge in [0.05, 0.1) is 0 Å². The van der Waals surface area contributed by atoms with Gasteiger partial charge in [0.15, 0.2) is 6.61 Å². The van der Waals surface area contributed by atoms with E-state index in [0.29, 0.717) is 12.4 Å². The van der Waals surface area contributed by atoms with Crippen molar-refractivity contribution in [3.63, 3.8) is 0 Å². The Bertz CT molecular complexity index is 487. The van der Waals surface area contributed by atoms with Gasteiger partial charge in [-0.25, -0.2) is 4.98 Å². The number of unbranched alkanes of at least 4 members (excludes halogenated alkanes) is 1. The van der Waals surface area contributed by atoms with Gasteiger partial charge in [0, 0.05) is 31.4 Å². The Morgan fingerprint density at radius 3 is 2.77 bits per heavy atom. The molecular weight excluding hydrogens is 280 g/mol. The van der Waals surface area contributed by atoms with Gasteiger partial charge < -0.3 is 15.0 Å². The predicted molar refractivity (Wildman–Crippen MR) is 86.3 cm³/mol. The second-order valence-corrected chi connectivity index (χ2v) is 5.54. The van der Waals surface area contributed by atoms with Crippen LogP contribution in [0.2, 0.25) is 0 Å². The molecule has 22 heavy (non-hydrogen) atoms. The smallest absolute Gasteiger partial charge is 0.258 e. The van der Waals surface area contributed by atoms with Crippen LogP contribution in [-0.4, -0.2) is 42.1 Å². The van der Waals surface area contributed by atoms with E-state index in [0.717, 1.165) is 44.0 Å². The van der Waals surface area contributed by atoms with Crippen LogP contribution in [0.15, 0.2) is 6.07 Å². The number of carbonyl (C=O) groups excluding carboxylic acids is 1. The summed E-state index contributed by atoms with van der Waals surface area (Å²) < 4.78 is 5.55. The van der Waals surface area contributed by atoms with Crippen molar-refractivity contribution in [1.82, 2.24) is 15.3 Å². The summed E-state index contributed by atoms with van der Waals surface area (Å²) in [5.41, 5.74) is 0.943. The molecule has 1 fully saturated rings. The summed E-state index contributed by atoms with van der Waals surface area (Å²) in [6.45, 7) is 6.83. The third kappa shape index (κ3) is 4.86. The molecule has 1 amide bonds. The molecule has 2 heterocycles. The molecule has 0 radical (unpaired) electrons. The van der Waals surface area contributed by atoms with E-state index in [2.05, 4.69) is 34.0 Å². The number of aryl methyl sites for hydroxylation is 1. The molecular formula is C16H26N4O2. The van der Waals surface area contributed by atoms with Gasteiger partial charge in [-0.1, -0.05) is 20.3 Å². The van der Waals surface area contributed by atoms with Gasteiger partial charge in [-0.15, -0.1) is 0 Å². The summed E-state index contributed by atoms with van der Waals surface area (Å²) in [5.74, 6) is 1.10. The maximum absolute atomic E-state index is 11.7. The van der Waals surface area contributed by atoms with Crippen LogP contribution in [0.4, 0.5) is 5.95 Å². The highest BCUT2D eigenvalue weighted by molar-refractivity contribution is 5.77. The molecule has 0 spiro atoms. The molecule has 0 aromatic carbocycles. The van der Waals surface area contributed by atoms with Crippen LogP contribution in [-0.2, 0) is 11.2 Å². The van der Waals surface area contributed by atoms with Crippen molar-refractivity contribution in [3.05, 3.63) is 11.8 Å². The van der Waals surface area contributed by atoms with Crippen molar-refractivity contribution in [1.29, 1.82) is 0 Å². The Labute approximate surface area is 132 Å². The first-order valence-corrected chi connectivity index (χ1v) is 8.25. The molecule has 0 bridgehead atoms. The molecule has 0 saturated carbocycles. The molecule has 1 aromatic rings. The van der Waals surface area contributed by atoms with E-state index in [1.54, 1.807) is 0 Å². The number of rotatable bonds is 8. The molecule has 1 aromatic heterocycles. The van der Waals surface area contributed by atoms with Crippen LogP contribution < -0.4 is 15.0 Å². The van der Waals surface area contributed by atoms with Crippen molar-refractivity contribution < 1.29 is 9.53 Å². The molecule has 1 N–H and O–H groups in total. The zero-order chi connectivity index (χ0) is 15.8. The predicted octanol–water partition coefficient (Wildman–Crippen LogP) is 1.93. The lowest BCUT2D eigenvalue weighted by Gasteiger charge is -2.17. The fraction of sp³-hybridized carbons (Fsp3) is 0.688. The largest absolute Gasteiger partial charge is 0.467 e. The van der Waals surface area contributed by atoms with Crippen molar-refractivity contribution in [2.24, 2.45) is 0 Å². The Morgan fingerprint density at radius 1 is 1.32 bits per heavy atom. The van der Waals surface area contributed by atoms with Gasteiger partial charge in [0.2, 0.25) is 11.8 Å². The second-order valence-electron chi connectivity index (χ2n) is 5.54. The number of aromatic nitrogens is 2. The van der Waals surface area contributed by atoms with Crippen LogP contribution in [0.5, 0.6) is 5.88 Å². The van der Waals surface area contributed by atoms with Crippen LogP contribution in [0.25, 0.3) is 0 Å². The fourth-order valence-electron chi connectivity index (χ4n) is 2.37. The standard InChI is InChI=1S/C16H26N4O2/c1-3-5-8-17-14(21)12-22-15-11-13(4-2)18-16(19-15)20-9-6-7-10-20/h11H,3-10,12H2,1-2H3,(H,17,21). The summed E-state index contributed by atoms with van der Waals surface area (Å²) in [6.07, 6.45) is 5.22. The fourth-order valence-corrected chi connectivity index (χ4v) is 2.37. The lowest BCUT2D eigenvalue weighted by molar-refractivity contribution is -0.123. The molecule has 1 aliphatic rings. The quantitative estimate of drug-likeness (QED) is 0.743. The maximum Gasteiger partial charge on any atom is 0.258 e. The van der Waals surface area contributed by atoms with Crippen molar-refractivity contribution >= 4 is 11.9 Å². The molecule has 2 rings (SSSR count). The lowest BCUT2D eigenvalue weighted by Crippen LogP contribution is -2.30. The SMILES string of the molecule is CCCCNC(=O)COc1cc(CC)nc(N2CCCC2)n1. The third-order valence-corrected chi connectivity index (χ3v) is 3.70. The topological polar surface area (TPSA) is 67.3 Å². The molecule has 1 aliphatic heterocycles. The van der Waals surface area contributed by atoms with Gasteiger partial charge in [0.25, 0.3) is 5.91 Å². The van der Waals surface area contributed by atoms with E-state index in [1.165, 1.54) is 12.8 Å². The van der Waals surface area contributed by atoms with Gasteiger partial charge in [-0.3, -0.25) is 4.79 Å². The first kappa shape index (κ1) is 16.5. The monoisotopic (exact) mass is 306 g/mol. The van der Waals surface area contributed by atoms with Crippen LogP contribution in [0.3, 0.4) is 0 Å². The van der Waals surface area contributed by atoms with E-state index >= 15 is 0 Å². The minimum Gasteiger partial charge on any atom is -0.467 e. The zero-order valence-electron chi connectivity index (χ0n) is 13.6. The van der Waals surface area contributed by atoms with E-state index < -0.39 is 0 Å². The molecule has 122 valence electrons. The van der Waals surface area contributed by atoms with Crippen LogP contribution >= 0.6 is 0 Å². The summed E-state index contributed by atoms with van der Waals surface area (Å²) in [7, 11) is 0. The Balaban J connectivity index is 1.94. The van der Waals surface area contributed by atoms with E-state index in [9.17, 15) is 4.79 Å². The van der Waals surface area contributed by atoms with E-state index in [4.69, 9.17) is 4.74 Å². The van der Waals surface area contributed by atoms with E-state index in [-0.39, 0.29) is 12.5 Å². The highest BCUT2D eigenvalue weighted by Gasteiger charge is 2.17. The van der Waals surface area contributed by atoms with Gasteiger partial charge in [0.1, 0.15) is 0 Å². The maximum atomic E-state index is 11.7. The normalized spacial score (nSPS) is 14.2. The molecule has 0 unspecified atom stereocenters. The molecule has 0 atom stereocenters. The molecule has 0 aliphatic carbocycles. The minimum atomic E-state index is -0.104. The summed E-state index contributed by atoms with van der Waals surface area (Å²) in [6, 6.07) is 1.82. The minimum absolute atomic E-state index is 0.00330. The average Bonchev–Trinajstić information content (AvgIpc) is 3.07. The summed E-state index contributed by atoms with van der Waals surface area (Å²) >= 11 is 0. The third-order valence-electron chi connectivity index (χ3n) is 3.70. The lowest BCUT2D eigenvalue weighted by atomic mass is 10.3. The number of hydrogen-bond donors (Lipinski definition) is 1. The number of nitrogens with zero attached hydrogens (tertiary/aromatic N) is 3. The van der Waals surface area contributed by atoms with Crippen LogP contribution in [0.1, 0.15) is 45.2 Å². The Morgan fingerprint density at radius 2 is 2.09 bits per heavy atom. The second kappa shape index (κ2) is 8.56. The zero-order valence-corrected chi connectivity index (χ0v) is 13.6. The van der Waals surface area contributed by atoms with Crippen molar-refractivity contribution in [2.75, 3.05) is 31.1 Å². The van der Waals surface area contributed by atoms with Crippen molar-refractivity contribution in [2.45, 2.75) is 46.0 Å². The Hall–Kier alpha value is -1.85. The summed E-state index contributed by atoms with van der Waals surface area (Å²) in [4.78, 5) is 22.9. The van der Waals surface area contributed by atoms with Gasteiger partial charge in [-0.2, -0.15) is 4.98 Å². The number of nitrogens with one attached hydrogen (secondary N) is 1. The number of amides is 1. The molecule has 6 heteroatoms. The van der Waals surface area contributed by atoms with Crippen LogP contribution in [0, 0.1) is 0 Å². The summed E-state index contributed by atoms with van der Waals surface area (Å²) in [5, 5.41) is 2.83. The van der Waals surface area contributed by atoms with Gasteiger partial charge >= 0.3 is 0 Å². The molecule has 6 nitrogen and oxygen atoms in total. The molecule has 1 saturated heterocycles. The number of ether oxygens (including phenoxy) is 1.